The fourth-order valence-corrected chi connectivity index (χ4v) is 3.69. The maximum atomic E-state index is 6.20. The van der Waals surface area contributed by atoms with Crippen LogP contribution in [0, 0.1) is 0 Å². The van der Waals surface area contributed by atoms with Crippen LogP contribution in [0.1, 0.15) is 37.1 Å². The van der Waals surface area contributed by atoms with Crippen molar-refractivity contribution in [1.29, 1.82) is 0 Å². The van der Waals surface area contributed by atoms with E-state index >= 15 is 0 Å². The molecular weight excluding hydrogens is 340 g/mol. The van der Waals surface area contributed by atoms with Crippen molar-refractivity contribution in [3.8, 4) is 11.5 Å². The van der Waals surface area contributed by atoms with Crippen LogP contribution in [-0.2, 0) is 6.42 Å². The van der Waals surface area contributed by atoms with Crippen LogP contribution in [0.25, 0.3) is 11.1 Å². The molecule has 1 aliphatic carbocycles. The Morgan fingerprint density at radius 1 is 1.11 bits per heavy atom. The molecule has 1 saturated carbocycles. The van der Waals surface area contributed by atoms with E-state index in [-0.39, 0.29) is 0 Å². The molecule has 1 heterocycles. The smallest absolute Gasteiger partial charge is 0.200 e. The predicted molar refractivity (Wildman–Crippen MR) is 107 cm³/mol. The lowest BCUT2D eigenvalue weighted by Gasteiger charge is -2.16. The molecule has 0 amide bonds. The number of rotatable bonds is 6. The van der Waals surface area contributed by atoms with E-state index in [2.05, 4.69) is 11.1 Å². The highest BCUT2D eigenvalue weighted by Crippen LogP contribution is 2.33. The average Bonchev–Trinajstić information content (AvgIpc) is 3.30. The summed E-state index contributed by atoms with van der Waals surface area (Å²) in [5.41, 5.74) is 3.84. The highest BCUT2D eigenvalue weighted by Gasteiger charge is 2.19. The summed E-state index contributed by atoms with van der Waals surface area (Å²) in [6.45, 7) is 0. The Morgan fingerprint density at radius 3 is 2.67 bits per heavy atom. The lowest BCUT2D eigenvalue weighted by atomic mass is 10.1. The second-order valence-electron chi connectivity index (χ2n) is 7.31. The van der Waals surface area contributed by atoms with Crippen LogP contribution in [0.4, 0.5) is 5.69 Å². The molecule has 0 bridgehead atoms. The summed E-state index contributed by atoms with van der Waals surface area (Å²) in [6.07, 6.45) is 5.62. The lowest BCUT2D eigenvalue weighted by Crippen LogP contribution is -2.11. The third-order valence-electron chi connectivity index (χ3n) is 5.10. The molecule has 0 aliphatic heterocycles. The van der Waals surface area contributed by atoms with E-state index in [0.29, 0.717) is 18.4 Å². The summed E-state index contributed by atoms with van der Waals surface area (Å²) in [5, 5.41) is 0. The fraction of sp³-hybridized carbons (Fsp3) is 0.409. The van der Waals surface area contributed by atoms with Gasteiger partial charge in [0, 0.05) is 20.5 Å². The SMILES string of the molecule is COc1ccc(Cc2nc3cccc(N(C)C)c3o2)cc1OC1CCCC1. The maximum Gasteiger partial charge on any atom is 0.200 e. The molecule has 4 rings (SSSR count). The van der Waals surface area contributed by atoms with Crippen molar-refractivity contribution in [2.24, 2.45) is 0 Å². The van der Waals surface area contributed by atoms with Crippen LogP contribution in [0.5, 0.6) is 11.5 Å². The van der Waals surface area contributed by atoms with Crippen molar-refractivity contribution >= 4 is 16.8 Å². The number of para-hydroxylation sites is 1. The van der Waals surface area contributed by atoms with Crippen LogP contribution >= 0.6 is 0 Å². The molecule has 0 saturated heterocycles. The van der Waals surface area contributed by atoms with E-state index in [1.54, 1.807) is 7.11 Å². The zero-order chi connectivity index (χ0) is 18.8. The summed E-state index contributed by atoms with van der Waals surface area (Å²) in [6, 6.07) is 12.1. The van der Waals surface area contributed by atoms with Crippen molar-refractivity contribution in [3.05, 3.63) is 47.9 Å². The van der Waals surface area contributed by atoms with Gasteiger partial charge in [0.25, 0.3) is 0 Å². The normalized spacial score (nSPS) is 14.6. The van der Waals surface area contributed by atoms with Gasteiger partial charge in [0.15, 0.2) is 23.0 Å². The van der Waals surface area contributed by atoms with Gasteiger partial charge in [-0.2, -0.15) is 0 Å². The molecule has 5 heteroatoms. The van der Waals surface area contributed by atoms with Crippen LogP contribution in [0.15, 0.2) is 40.8 Å². The number of benzene rings is 2. The number of aromatic nitrogens is 1. The molecule has 0 unspecified atom stereocenters. The topological polar surface area (TPSA) is 47.7 Å². The molecule has 2 aromatic carbocycles. The fourth-order valence-electron chi connectivity index (χ4n) is 3.69. The Labute approximate surface area is 159 Å². The van der Waals surface area contributed by atoms with Gasteiger partial charge in [0.2, 0.25) is 0 Å². The molecule has 0 atom stereocenters. The van der Waals surface area contributed by atoms with Crippen molar-refractivity contribution in [3.63, 3.8) is 0 Å². The van der Waals surface area contributed by atoms with E-state index in [1.807, 2.05) is 49.3 Å². The van der Waals surface area contributed by atoms with E-state index < -0.39 is 0 Å². The molecule has 0 spiro atoms. The highest BCUT2D eigenvalue weighted by molar-refractivity contribution is 5.86. The van der Waals surface area contributed by atoms with Crippen molar-refractivity contribution < 1.29 is 13.9 Å². The standard InChI is InChI=1S/C22H26N2O3/c1-24(2)18-10-6-9-17-22(18)27-21(23-17)14-15-11-12-19(25-3)20(13-15)26-16-7-4-5-8-16/h6,9-13,16H,4-5,7-8,14H2,1-3H3. The molecule has 3 aromatic rings. The number of hydrogen-bond acceptors (Lipinski definition) is 5. The summed E-state index contributed by atoms with van der Waals surface area (Å²) >= 11 is 0. The van der Waals surface area contributed by atoms with Crippen molar-refractivity contribution in [2.75, 3.05) is 26.1 Å². The van der Waals surface area contributed by atoms with E-state index in [9.17, 15) is 0 Å². The first-order chi connectivity index (χ1) is 13.1. The summed E-state index contributed by atoms with van der Waals surface area (Å²) in [7, 11) is 5.69. The zero-order valence-corrected chi connectivity index (χ0v) is 16.2. The van der Waals surface area contributed by atoms with Gasteiger partial charge in [0.1, 0.15) is 5.52 Å². The maximum absolute atomic E-state index is 6.20. The van der Waals surface area contributed by atoms with E-state index in [0.717, 1.165) is 46.7 Å². The largest absolute Gasteiger partial charge is 0.493 e. The van der Waals surface area contributed by atoms with Gasteiger partial charge in [0.05, 0.1) is 18.9 Å². The second-order valence-corrected chi connectivity index (χ2v) is 7.31. The molecule has 27 heavy (non-hydrogen) atoms. The quantitative estimate of drug-likeness (QED) is 0.626. The van der Waals surface area contributed by atoms with E-state index in [4.69, 9.17) is 13.9 Å². The summed E-state index contributed by atoms with van der Waals surface area (Å²) < 4.78 is 17.8. The molecule has 142 valence electrons. The number of nitrogens with zero attached hydrogens (tertiary/aromatic N) is 2. The predicted octanol–water partition coefficient (Wildman–Crippen LogP) is 4.81. The van der Waals surface area contributed by atoms with Crippen LogP contribution in [-0.4, -0.2) is 32.3 Å². The van der Waals surface area contributed by atoms with Crippen LogP contribution in [0.2, 0.25) is 0 Å². The average molecular weight is 366 g/mol. The van der Waals surface area contributed by atoms with Crippen LogP contribution < -0.4 is 14.4 Å². The Morgan fingerprint density at radius 2 is 1.93 bits per heavy atom. The van der Waals surface area contributed by atoms with Gasteiger partial charge in [-0.15, -0.1) is 0 Å². The van der Waals surface area contributed by atoms with Gasteiger partial charge in [-0.1, -0.05) is 12.1 Å². The summed E-state index contributed by atoms with van der Waals surface area (Å²) in [4.78, 5) is 6.70. The van der Waals surface area contributed by atoms with Crippen LogP contribution in [0.3, 0.4) is 0 Å². The first kappa shape index (κ1) is 17.7. The van der Waals surface area contributed by atoms with Gasteiger partial charge >= 0.3 is 0 Å². The molecule has 1 fully saturated rings. The van der Waals surface area contributed by atoms with Gasteiger partial charge in [-0.25, -0.2) is 4.98 Å². The Kier molecular flexibility index (Phi) is 4.92. The number of oxazole rings is 1. The molecule has 1 aromatic heterocycles. The van der Waals surface area contributed by atoms with Gasteiger partial charge < -0.3 is 18.8 Å². The Hall–Kier alpha value is -2.69. The number of ether oxygens (including phenoxy) is 2. The lowest BCUT2D eigenvalue weighted by molar-refractivity contribution is 0.200. The number of hydrogen-bond donors (Lipinski definition) is 0. The number of anilines is 1. The molecule has 5 nitrogen and oxygen atoms in total. The third kappa shape index (κ3) is 3.72. The molecule has 0 radical (unpaired) electrons. The van der Waals surface area contributed by atoms with Gasteiger partial charge in [-0.05, 0) is 55.5 Å². The third-order valence-corrected chi connectivity index (χ3v) is 5.10. The zero-order valence-electron chi connectivity index (χ0n) is 16.2. The minimum atomic E-state index is 0.293. The highest BCUT2D eigenvalue weighted by atomic mass is 16.5. The van der Waals surface area contributed by atoms with Crippen molar-refractivity contribution in [1.82, 2.24) is 4.98 Å². The Bertz CT molecular complexity index is 926. The number of fused-ring (bicyclic) bond motifs is 1. The molecule has 0 N–H and O–H groups in total. The van der Waals surface area contributed by atoms with Crippen molar-refractivity contribution in [2.45, 2.75) is 38.2 Å². The summed E-state index contributed by atoms with van der Waals surface area (Å²) in [5.74, 6) is 2.29. The van der Waals surface area contributed by atoms with E-state index in [1.165, 1.54) is 12.8 Å². The van der Waals surface area contributed by atoms with Gasteiger partial charge in [-0.3, -0.25) is 0 Å². The first-order valence-corrected chi connectivity index (χ1v) is 9.53. The first-order valence-electron chi connectivity index (χ1n) is 9.53. The minimum Gasteiger partial charge on any atom is -0.493 e. The second kappa shape index (κ2) is 7.51. The minimum absolute atomic E-state index is 0.293. The number of methoxy groups -OCH3 is 1. The monoisotopic (exact) mass is 366 g/mol. The Balaban J connectivity index is 1.60. The molecular formula is C22H26N2O3. The molecule has 1 aliphatic rings.